The summed E-state index contributed by atoms with van der Waals surface area (Å²) in [7, 11) is 0. The highest BCUT2D eigenvalue weighted by Gasteiger charge is 2.03. The van der Waals surface area contributed by atoms with Crippen molar-refractivity contribution in [2.75, 3.05) is 11.9 Å². The number of nitrogens with one attached hydrogen (secondary N) is 1. The molecule has 0 saturated heterocycles. The van der Waals surface area contributed by atoms with E-state index in [1.807, 2.05) is 11.4 Å². The molecule has 4 heteroatoms. The van der Waals surface area contributed by atoms with Gasteiger partial charge in [-0.2, -0.15) is 0 Å². The van der Waals surface area contributed by atoms with Crippen LogP contribution in [0.25, 0.3) is 10.2 Å². The molecule has 96 valence electrons. The molecule has 2 aromatic heterocycles. The maximum atomic E-state index is 4.31. The zero-order chi connectivity index (χ0) is 13.1. The van der Waals surface area contributed by atoms with E-state index < -0.39 is 0 Å². The van der Waals surface area contributed by atoms with Gasteiger partial charge in [0.15, 0.2) is 0 Å². The quantitative estimate of drug-likeness (QED) is 0.785. The maximum Gasteiger partial charge on any atom is 0.147 e. The van der Waals surface area contributed by atoms with Gasteiger partial charge in [-0.3, -0.25) is 0 Å². The molecular weight excluding hydrogens is 254 g/mol. The van der Waals surface area contributed by atoms with Crippen LogP contribution in [0.2, 0.25) is 0 Å². The third kappa shape index (κ3) is 2.74. The molecule has 0 aliphatic carbocycles. The highest BCUT2D eigenvalue weighted by molar-refractivity contribution is 7.17. The second-order valence-electron chi connectivity index (χ2n) is 4.52. The number of aromatic nitrogens is 2. The van der Waals surface area contributed by atoms with E-state index in [1.165, 1.54) is 11.1 Å². The fourth-order valence-electron chi connectivity index (χ4n) is 1.99. The Labute approximate surface area is 116 Å². The van der Waals surface area contributed by atoms with Crippen LogP contribution in [0.1, 0.15) is 11.1 Å². The third-order valence-electron chi connectivity index (χ3n) is 3.07. The lowest BCUT2D eigenvalue weighted by Gasteiger charge is -2.06. The molecule has 0 amide bonds. The SMILES string of the molecule is Cc1ccc(CCNc2ncnc3ccsc23)cc1. The lowest BCUT2D eigenvalue weighted by Crippen LogP contribution is -2.06. The molecule has 0 fully saturated rings. The number of aryl methyl sites for hydroxylation is 1. The zero-order valence-corrected chi connectivity index (χ0v) is 11.6. The van der Waals surface area contributed by atoms with Crippen LogP contribution in [0.4, 0.5) is 5.82 Å². The van der Waals surface area contributed by atoms with Crippen LogP contribution in [0, 0.1) is 6.92 Å². The van der Waals surface area contributed by atoms with Crippen molar-refractivity contribution in [3.63, 3.8) is 0 Å². The van der Waals surface area contributed by atoms with Crippen LogP contribution in [0.5, 0.6) is 0 Å². The smallest absolute Gasteiger partial charge is 0.147 e. The predicted molar refractivity (Wildman–Crippen MR) is 80.8 cm³/mol. The van der Waals surface area contributed by atoms with E-state index >= 15 is 0 Å². The summed E-state index contributed by atoms with van der Waals surface area (Å²) in [6, 6.07) is 10.7. The Morgan fingerprint density at radius 2 is 1.95 bits per heavy atom. The van der Waals surface area contributed by atoms with Gasteiger partial charge in [0.2, 0.25) is 0 Å². The molecule has 19 heavy (non-hydrogen) atoms. The van der Waals surface area contributed by atoms with Gasteiger partial charge in [-0.15, -0.1) is 11.3 Å². The predicted octanol–water partition coefficient (Wildman–Crippen LogP) is 3.65. The molecule has 3 rings (SSSR count). The number of thiophene rings is 1. The molecule has 0 bridgehead atoms. The highest BCUT2D eigenvalue weighted by Crippen LogP contribution is 2.24. The largest absolute Gasteiger partial charge is 0.368 e. The Morgan fingerprint density at radius 3 is 2.79 bits per heavy atom. The third-order valence-corrected chi connectivity index (χ3v) is 3.98. The fraction of sp³-hybridized carbons (Fsp3) is 0.200. The van der Waals surface area contributed by atoms with Crippen LogP contribution in [0.15, 0.2) is 42.0 Å². The minimum atomic E-state index is 0.882. The molecule has 0 unspecified atom stereocenters. The first-order chi connectivity index (χ1) is 9.33. The molecule has 1 N–H and O–H groups in total. The minimum absolute atomic E-state index is 0.882. The number of fused-ring (bicyclic) bond motifs is 1. The first-order valence-corrected chi connectivity index (χ1v) is 7.18. The van der Waals surface area contributed by atoms with Crippen LogP contribution >= 0.6 is 11.3 Å². The summed E-state index contributed by atoms with van der Waals surface area (Å²) >= 11 is 1.67. The number of anilines is 1. The number of nitrogens with zero attached hydrogens (tertiary/aromatic N) is 2. The Hall–Kier alpha value is -1.94. The van der Waals surface area contributed by atoms with Crippen LogP contribution in [-0.2, 0) is 6.42 Å². The van der Waals surface area contributed by atoms with E-state index in [9.17, 15) is 0 Å². The summed E-state index contributed by atoms with van der Waals surface area (Å²) in [4.78, 5) is 8.55. The molecule has 3 nitrogen and oxygen atoms in total. The molecule has 1 aromatic carbocycles. The van der Waals surface area contributed by atoms with Gasteiger partial charge in [0.25, 0.3) is 0 Å². The molecule has 0 radical (unpaired) electrons. The van der Waals surface area contributed by atoms with Crippen molar-refractivity contribution in [1.82, 2.24) is 9.97 Å². The Balaban J connectivity index is 1.66. The van der Waals surface area contributed by atoms with Gasteiger partial charge >= 0.3 is 0 Å². The van der Waals surface area contributed by atoms with Gasteiger partial charge in [0, 0.05) is 6.54 Å². The lowest BCUT2D eigenvalue weighted by molar-refractivity contribution is 1.01. The second kappa shape index (κ2) is 5.36. The molecule has 0 spiro atoms. The summed E-state index contributed by atoms with van der Waals surface area (Å²) in [5.74, 6) is 0.937. The molecule has 0 saturated carbocycles. The van der Waals surface area contributed by atoms with E-state index in [2.05, 4.69) is 46.5 Å². The van der Waals surface area contributed by atoms with Crippen molar-refractivity contribution in [1.29, 1.82) is 0 Å². The summed E-state index contributed by atoms with van der Waals surface area (Å²) in [6.07, 6.45) is 2.61. The fourth-order valence-corrected chi connectivity index (χ4v) is 2.81. The molecule has 3 aromatic rings. The van der Waals surface area contributed by atoms with Crippen molar-refractivity contribution in [3.8, 4) is 0 Å². The van der Waals surface area contributed by atoms with Gasteiger partial charge in [-0.25, -0.2) is 9.97 Å². The summed E-state index contributed by atoms with van der Waals surface area (Å²) in [5, 5.41) is 5.44. The highest BCUT2D eigenvalue weighted by atomic mass is 32.1. The summed E-state index contributed by atoms with van der Waals surface area (Å²) < 4.78 is 1.13. The molecule has 2 heterocycles. The molecular formula is C15H15N3S. The van der Waals surface area contributed by atoms with Crippen LogP contribution < -0.4 is 5.32 Å². The van der Waals surface area contributed by atoms with E-state index in [0.717, 1.165) is 29.0 Å². The molecule has 0 aliphatic heterocycles. The van der Waals surface area contributed by atoms with Gasteiger partial charge in [0.05, 0.1) is 10.2 Å². The maximum absolute atomic E-state index is 4.31. The van der Waals surface area contributed by atoms with Gasteiger partial charge in [0.1, 0.15) is 12.1 Å². The number of rotatable bonds is 4. The molecule has 0 aliphatic rings. The van der Waals surface area contributed by atoms with E-state index in [-0.39, 0.29) is 0 Å². The lowest BCUT2D eigenvalue weighted by atomic mass is 10.1. The van der Waals surface area contributed by atoms with Crippen molar-refractivity contribution in [2.24, 2.45) is 0 Å². The van der Waals surface area contributed by atoms with Crippen molar-refractivity contribution in [2.45, 2.75) is 13.3 Å². The van der Waals surface area contributed by atoms with Gasteiger partial charge in [-0.1, -0.05) is 29.8 Å². The number of hydrogen-bond acceptors (Lipinski definition) is 4. The average molecular weight is 269 g/mol. The van der Waals surface area contributed by atoms with E-state index in [4.69, 9.17) is 0 Å². The topological polar surface area (TPSA) is 37.8 Å². The standard InChI is InChI=1S/C15H15N3S/c1-11-2-4-12(5-3-11)6-8-16-15-14-13(7-9-19-14)17-10-18-15/h2-5,7,9-10H,6,8H2,1H3,(H,16,17,18). The first-order valence-electron chi connectivity index (χ1n) is 6.30. The van der Waals surface area contributed by atoms with Crippen LogP contribution in [-0.4, -0.2) is 16.5 Å². The summed E-state index contributed by atoms with van der Waals surface area (Å²) in [5.41, 5.74) is 3.65. The van der Waals surface area contributed by atoms with Crippen molar-refractivity contribution < 1.29 is 0 Å². The van der Waals surface area contributed by atoms with E-state index in [1.54, 1.807) is 17.7 Å². The number of hydrogen-bond donors (Lipinski definition) is 1. The Kier molecular flexibility index (Phi) is 3.42. The number of benzene rings is 1. The van der Waals surface area contributed by atoms with E-state index in [0.29, 0.717) is 0 Å². The Bertz CT molecular complexity index is 673. The zero-order valence-electron chi connectivity index (χ0n) is 10.8. The van der Waals surface area contributed by atoms with Crippen molar-refractivity contribution >= 4 is 27.4 Å². The van der Waals surface area contributed by atoms with Crippen LogP contribution in [0.3, 0.4) is 0 Å². The monoisotopic (exact) mass is 269 g/mol. The second-order valence-corrected chi connectivity index (χ2v) is 5.44. The minimum Gasteiger partial charge on any atom is -0.368 e. The summed E-state index contributed by atoms with van der Waals surface area (Å²) in [6.45, 7) is 2.99. The average Bonchev–Trinajstić information content (AvgIpc) is 2.90. The van der Waals surface area contributed by atoms with Gasteiger partial charge in [-0.05, 0) is 30.4 Å². The Morgan fingerprint density at radius 1 is 1.11 bits per heavy atom. The first kappa shape index (κ1) is 12.1. The normalized spacial score (nSPS) is 10.8. The molecule has 0 atom stereocenters. The van der Waals surface area contributed by atoms with Crippen molar-refractivity contribution in [3.05, 3.63) is 53.2 Å². The van der Waals surface area contributed by atoms with Gasteiger partial charge < -0.3 is 5.32 Å².